The van der Waals surface area contributed by atoms with E-state index in [2.05, 4.69) is 25.7 Å². The molecule has 1 unspecified atom stereocenters. The van der Waals surface area contributed by atoms with Gasteiger partial charge < -0.3 is 5.21 Å². The number of rotatable bonds is 5. The summed E-state index contributed by atoms with van der Waals surface area (Å²) in [5.41, 5.74) is 0. The quantitative estimate of drug-likeness (QED) is 0.269. The van der Waals surface area contributed by atoms with Gasteiger partial charge in [0.2, 0.25) is 0 Å². The average Bonchev–Trinajstić information content (AvgIpc) is 2.92. The second-order valence-electron chi connectivity index (χ2n) is 5.40. The first-order valence-electron chi connectivity index (χ1n) is 6.79. The summed E-state index contributed by atoms with van der Waals surface area (Å²) in [6, 6.07) is 3.91. The standard InChI is InChI=1S/C14H20N2OS3/c1-4-5-8-15-12(14(2,3)20-13(15)18)16(17)10-11-7-6-9-19-11/h6-7,9-10,12H,4-5,8H2,1-3H3/b16-10-. The first-order valence-corrected chi connectivity index (χ1v) is 8.89. The van der Waals surface area contributed by atoms with Gasteiger partial charge in [0.25, 0.3) is 6.17 Å². The molecule has 0 aromatic carbocycles. The van der Waals surface area contributed by atoms with Crippen molar-refractivity contribution in [2.24, 2.45) is 0 Å². The van der Waals surface area contributed by atoms with Gasteiger partial charge in [-0.25, -0.2) is 0 Å². The van der Waals surface area contributed by atoms with Crippen LogP contribution in [0.2, 0.25) is 0 Å². The number of hydroxylamine groups is 1. The zero-order chi connectivity index (χ0) is 14.8. The van der Waals surface area contributed by atoms with Crippen LogP contribution in [0.25, 0.3) is 0 Å². The highest BCUT2D eigenvalue weighted by molar-refractivity contribution is 8.24. The lowest BCUT2D eigenvalue weighted by Gasteiger charge is -2.29. The van der Waals surface area contributed by atoms with Gasteiger partial charge in [0.05, 0.1) is 4.88 Å². The van der Waals surface area contributed by atoms with Crippen molar-refractivity contribution in [3.8, 4) is 0 Å². The smallest absolute Gasteiger partial charge is 0.254 e. The van der Waals surface area contributed by atoms with Crippen LogP contribution in [0, 0.1) is 5.21 Å². The van der Waals surface area contributed by atoms with Crippen LogP contribution in [0.4, 0.5) is 0 Å². The van der Waals surface area contributed by atoms with Crippen molar-refractivity contribution in [1.82, 2.24) is 4.90 Å². The second kappa shape index (κ2) is 6.45. The molecule has 20 heavy (non-hydrogen) atoms. The van der Waals surface area contributed by atoms with Crippen LogP contribution in [0.1, 0.15) is 38.5 Å². The molecule has 0 amide bonds. The summed E-state index contributed by atoms with van der Waals surface area (Å²) in [6.45, 7) is 7.19. The van der Waals surface area contributed by atoms with Crippen LogP contribution < -0.4 is 0 Å². The van der Waals surface area contributed by atoms with E-state index in [-0.39, 0.29) is 10.9 Å². The molecule has 1 fully saturated rings. The predicted molar refractivity (Wildman–Crippen MR) is 92.8 cm³/mol. The Hall–Kier alpha value is -0.590. The molecule has 1 aliphatic rings. The minimum Gasteiger partial charge on any atom is -0.622 e. The van der Waals surface area contributed by atoms with Crippen molar-refractivity contribution in [3.63, 3.8) is 0 Å². The van der Waals surface area contributed by atoms with Crippen LogP contribution in [0.3, 0.4) is 0 Å². The first-order chi connectivity index (χ1) is 9.45. The Kier molecular flexibility index (Phi) is 5.09. The zero-order valence-electron chi connectivity index (χ0n) is 12.0. The lowest BCUT2D eigenvalue weighted by atomic mass is 10.1. The van der Waals surface area contributed by atoms with E-state index >= 15 is 0 Å². The average molecular weight is 329 g/mol. The monoisotopic (exact) mass is 328 g/mol. The molecule has 1 aromatic rings. The Morgan fingerprint density at radius 1 is 1.55 bits per heavy atom. The highest BCUT2D eigenvalue weighted by Gasteiger charge is 2.50. The Labute approximate surface area is 134 Å². The lowest BCUT2D eigenvalue weighted by Crippen LogP contribution is -2.48. The van der Waals surface area contributed by atoms with E-state index < -0.39 is 0 Å². The van der Waals surface area contributed by atoms with Crippen LogP contribution >= 0.6 is 35.3 Å². The molecule has 0 radical (unpaired) electrons. The Bertz CT molecular complexity index is 497. The molecule has 0 aliphatic carbocycles. The minimum absolute atomic E-state index is 0.194. The van der Waals surface area contributed by atoms with E-state index in [1.165, 1.54) is 0 Å². The van der Waals surface area contributed by atoms with E-state index in [1.807, 2.05) is 17.5 Å². The largest absolute Gasteiger partial charge is 0.622 e. The van der Waals surface area contributed by atoms with Crippen molar-refractivity contribution >= 4 is 45.9 Å². The van der Waals surface area contributed by atoms with Gasteiger partial charge in [-0.3, -0.25) is 4.90 Å². The molecule has 0 saturated carbocycles. The van der Waals surface area contributed by atoms with Gasteiger partial charge in [-0.15, -0.1) is 11.3 Å². The second-order valence-corrected chi connectivity index (χ2v) is 8.66. The summed E-state index contributed by atoms with van der Waals surface area (Å²) in [5.74, 6) is 0. The summed E-state index contributed by atoms with van der Waals surface area (Å²) < 4.78 is 1.72. The summed E-state index contributed by atoms with van der Waals surface area (Å²) in [7, 11) is 0. The number of nitrogens with zero attached hydrogens (tertiary/aromatic N) is 2. The molecule has 2 rings (SSSR count). The fraction of sp³-hybridized carbons (Fsp3) is 0.571. The fourth-order valence-electron chi connectivity index (χ4n) is 2.36. The number of thioether (sulfide) groups is 1. The molecule has 3 nitrogen and oxygen atoms in total. The van der Waals surface area contributed by atoms with E-state index in [0.29, 0.717) is 0 Å². The molecular weight excluding hydrogens is 308 g/mol. The number of thiocarbonyl (C=S) groups is 1. The molecule has 6 heteroatoms. The maximum atomic E-state index is 12.6. The molecule has 1 aliphatic heterocycles. The van der Waals surface area contributed by atoms with Crippen LogP contribution in [0.15, 0.2) is 17.5 Å². The maximum Gasteiger partial charge on any atom is 0.254 e. The molecular formula is C14H20N2OS3. The van der Waals surface area contributed by atoms with Crippen molar-refractivity contribution in [1.29, 1.82) is 0 Å². The normalized spacial score (nSPS) is 22.6. The summed E-state index contributed by atoms with van der Waals surface area (Å²) in [6.07, 6.45) is 3.61. The Morgan fingerprint density at radius 3 is 2.90 bits per heavy atom. The maximum absolute atomic E-state index is 12.6. The van der Waals surface area contributed by atoms with Crippen LogP contribution in [0.5, 0.6) is 0 Å². The molecule has 0 spiro atoms. The number of hydrogen-bond donors (Lipinski definition) is 0. The molecule has 1 aromatic heterocycles. The van der Waals surface area contributed by atoms with Gasteiger partial charge in [0.1, 0.15) is 9.07 Å². The molecule has 1 atom stereocenters. The topological polar surface area (TPSA) is 29.3 Å². The number of thiophene rings is 1. The molecule has 1 saturated heterocycles. The highest BCUT2D eigenvalue weighted by Crippen LogP contribution is 2.41. The molecule has 0 N–H and O–H groups in total. The van der Waals surface area contributed by atoms with Gasteiger partial charge in [0.15, 0.2) is 6.21 Å². The van der Waals surface area contributed by atoms with E-state index in [1.54, 1.807) is 29.3 Å². The van der Waals surface area contributed by atoms with E-state index in [0.717, 1.165) is 33.3 Å². The van der Waals surface area contributed by atoms with E-state index in [9.17, 15) is 5.21 Å². The number of unbranched alkanes of at least 4 members (excludes halogenated alkanes) is 1. The fourth-order valence-corrected chi connectivity index (χ4v) is 4.92. The van der Waals surface area contributed by atoms with Crippen molar-refractivity contribution in [2.75, 3.05) is 6.54 Å². The summed E-state index contributed by atoms with van der Waals surface area (Å²) >= 11 is 8.66. The molecule has 110 valence electrons. The number of hydrogen-bond acceptors (Lipinski definition) is 4. The van der Waals surface area contributed by atoms with E-state index in [4.69, 9.17) is 12.2 Å². The van der Waals surface area contributed by atoms with Crippen molar-refractivity contribution < 1.29 is 4.74 Å². The summed E-state index contributed by atoms with van der Waals surface area (Å²) in [4.78, 5) is 3.06. The SMILES string of the molecule is CCCCN1C(=S)SC(C)(C)C1/[N+]([O-])=C/c1cccs1. The van der Waals surface area contributed by atoms with Gasteiger partial charge in [-0.05, 0) is 31.7 Å². The Morgan fingerprint density at radius 2 is 2.30 bits per heavy atom. The van der Waals surface area contributed by atoms with Crippen LogP contribution in [-0.4, -0.2) is 37.6 Å². The van der Waals surface area contributed by atoms with Gasteiger partial charge in [-0.1, -0.05) is 43.4 Å². The lowest BCUT2D eigenvalue weighted by molar-refractivity contribution is -0.523. The van der Waals surface area contributed by atoms with Crippen LogP contribution in [-0.2, 0) is 0 Å². The van der Waals surface area contributed by atoms with Gasteiger partial charge in [-0.2, -0.15) is 4.74 Å². The van der Waals surface area contributed by atoms with Gasteiger partial charge in [0, 0.05) is 6.54 Å². The zero-order valence-corrected chi connectivity index (χ0v) is 14.5. The highest BCUT2D eigenvalue weighted by atomic mass is 32.2. The third kappa shape index (κ3) is 3.35. The summed E-state index contributed by atoms with van der Waals surface area (Å²) in [5, 5.41) is 14.6. The predicted octanol–water partition coefficient (Wildman–Crippen LogP) is 3.92. The van der Waals surface area contributed by atoms with Crippen molar-refractivity contribution in [3.05, 3.63) is 27.6 Å². The van der Waals surface area contributed by atoms with Crippen molar-refractivity contribution in [2.45, 2.75) is 44.5 Å². The molecule has 0 bridgehead atoms. The Balaban J connectivity index is 2.26. The van der Waals surface area contributed by atoms with Gasteiger partial charge >= 0.3 is 0 Å². The third-order valence-electron chi connectivity index (χ3n) is 3.29. The first kappa shape index (κ1) is 15.8. The third-order valence-corrected chi connectivity index (χ3v) is 5.73. The minimum atomic E-state index is -0.228. The molecule has 2 heterocycles.